The molecule has 0 heterocycles. The van der Waals surface area contributed by atoms with Gasteiger partial charge >= 0.3 is 0 Å². The van der Waals surface area contributed by atoms with E-state index in [0.29, 0.717) is 66.1 Å². The van der Waals surface area contributed by atoms with Crippen LogP contribution in [0.15, 0.2) is 0 Å². The van der Waals surface area contributed by atoms with Crippen LogP contribution >= 0.6 is 0 Å². The van der Waals surface area contributed by atoms with E-state index in [-0.39, 0.29) is 0 Å². The highest BCUT2D eigenvalue weighted by molar-refractivity contribution is 5.97. The Morgan fingerprint density at radius 3 is 1.16 bits per heavy atom. The highest BCUT2D eigenvalue weighted by Crippen LogP contribution is 1.83. The molecular weight excluding hydrogens is 268 g/mol. The third-order valence-corrected chi connectivity index (χ3v) is 2.53. The van der Waals surface area contributed by atoms with Crippen LogP contribution in [0, 0.1) is 0 Å². The first-order chi connectivity index (χ1) is 9.41. The third kappa shape index (κ3) is 18.0. The highest BCUT2D eigenvalue weighted by atomic mass is 28.2. The normalized spacial score (nSPS) is 11.2. The summed E-state index contributed by atoms with van der Waals surface area (Å²) in [6.07, 6.45) is 0. The third-order valence-electron chi connectivity index (χ3n) is 2.12. The monoisotopic (exact) mass is 296 g/mol. The van der Waals surface area contributed by atoms with Crippen molar-refractivity contribution in [2.75, 3.05) is 72.7 Å². The lowest BCUT2D eigenvalue weighted by Gasteiger charge is -2.07. The Hall–Kier alpha value is -0.0231. The molecule has 0 aromatic heterocycles. The van der Waals surface area contributed by atoms with Crippen LogP contribution < -0.4 is 0 Å². The smallest absolute Gasteiger partial charge is 0.146 e. The van der Waals surface area contributed by atoms with Gasteiger partial charge in [-0.15, -0.1) is 0 Å². The molecule has 0 radical (unpaired) electrons. The summed E-state index contributed by atoms with van der Waals surface area (Å²) in [6, 6.07) is 0. The molecule has 7 heteroatoms. The van der Waals surface area contributed by atoms with Crippen molar-refractivity contribution in [3.63, 3.8) is 0 Å². The summed E-state index contributed by atoms with van der Waals surface area (Å²) < 4.78 is 31.4. The minimum atomic E-state index is 0.582. The van der Waals surface area contributed by atoms with Gasteiger partial charge in [0.25, 0.3) is 0 Å². The van der Waals surface area contributed by atoms with Gasteiger partial charge in [-0.1, -0.05) is 0 Å². The Labute approximate surface area is 119 Å². The maximum atomic E-state index is 5.34. The summed E-state index contributed by atoms with van der Waals surface area (Å²) in [5.41, 5.74) is 0. The second kappa shape index (κ2) is 18.0. The van der Waals surface area contributed by atoms with Crippen LogP contribution in [0.2, 0.25) is 0 Å². The molecule has 0 aromatic rings. The van der Waals surface area contributed by atoms with E-state index in [4.69, 9.17) is 28.1 Å². The Morgan fingerprint density at radius 2 is 0.842 bits per heavy atom. The first-order valence-corrected chi connectivity index (χ1v) is 7.61. The molecule has 0 aromatic carbocycles. The maximum Gasteiger partial charge on any atom is 0.146 e. The fraction of sp³-hybridized carbons (Fsp3) is 1.00. The molecule has 0 amide bonds. The fourth-order valence-corrected chi connectivity index (χ4v) is 1.33. The van der Waals surface area contributed by atoms with Crippen LogP contribution in [0.25, 0.3) is 0 Å². The Bertz CT molecular complexity index is 145. The van der Waals surface area contributed by atoms with Crippen molar-refractivity contribution in [1.29, 1.82) is 0 Å². The zero-order chi connectivity index (χ0) is 14.0. The molecule has 0 unspecified atom stereocenters. The first kappa shape index (κ1) is 19.0. The molecule has 0 aliphatic heterocycles. The van der Waals surface area contributed by atoms with Crippen molar-refractivity contribution in [3.8, 4) is 0 Å². The lowest BCUT2D eigenvalue weighted by atomic mass is 10.7. The van der Waals surface area contributed by atoms with Crippen LogP contribution in [0.4, 0.5) is 0 Å². The van der Waals surface area contributed by atoms with Crippen LogP contribution in [0.1, 0.15) is 6.92 Å². The summed E-state index contributed by atoms with van der Waals surface area (Å²) in [6.45, 7) is 8.82. The van der Waals surface area contributed by atoms with E-state index in [1.54, 1.807) is 0 Å². The largest absolute Gasteiger partial charge is 0.426 e. The van der Waals surface area contributed by atoms with Gasteiger partial charge in [0.15, 0.2) is 0 Å². The second-order valence-corrected chi connectivity index (χ2v) is 4.22. The zero-order valence-electron chi connectivity index (χ0n) is 12.2. The van der Waals surface area contributed by atoms with Gasteiger partial charge in [0.05, 0.1) is 66.1 Å². The summed E-state index contributed by atoms with van der Waals surface area (Å²) in [5, 5.41) is 0. The van der Waals surface area contributed by atoms with Crippen LogP contribution in [0.5, 0.6) is 0 Å². The van der Waals surface area contributed by atoms with Crippen molar-refractivity contribution in [2.45, 2.75) is 6.92 Å². The van der Waals surface area contributed by atoms with E-state index < -0.39 is 0 Å². The number of rotatable bonds is 16. The predicted molar refractivity (Wildman–Crippen MR) is 75.7 cm³/mol. The molecule has 6 nitrogen and oxygen atoms in total. The molecule has 19 heavy (non-hydrogen) atoms. The number of hydrogen-bond donors (Lipinski definition) is 0. The lowest BCUT2D eigenvalue weighted by Crippen LogP contribution is -2.13. The quantitative estimate of drug-likeness (QED) is 0.280. The SMILES string of the molecule is CCOCCOCCOCCOCCOCCO[SiH3]. The number of hydrogen-bond acceptors (Lipinski definition) is 6. The predicted octanol–water partition coefficient (Wildman–Crippen LogP) is -0.614. The standard InChI is InChI=1S/C12H28O6Si/c1-2-13-3-4-14-5-6-15-7-8-16-9-10-17-11-12-18-19/h2-12H2,1,19H3. The van der Waals surface area contributed by atoms with Crippen LogP contribution in [0.3, 0.4) is 0 Å². The van der Waals surface area contributed by atoms with Gasteiger partial charge < -0.3 is 28.1 Å². The molecule has 0 saturated carbocycles. The molecule has 0 spiro atoms. The highest BCUT2D eigenvalue weighted by Gasteiger charge is 1.92. The van der Waals surface area contributed by atoms with E-state index in [1.807, 2.05) is 6.92 Å². The van der Waals surface area contributed by atoms with Gasteiger partial charge in [0.1, 0.15) is 10.5 Å². The molecule has 0 aliphatic carbocycles. The van der Waals surface area contributed by atoms with Gasteiger partial charge in [-0.25, -0.2) is 0 Å². The van der Waals surface area contributed by atoms with E-state index in [0.717, 1.165) is 17.1 Å². The topological polar surface area (TPSA) is 55.4 Å². The number of ether oxygens (including phenoxy) is 5. The Kier molecular flexibility index (Phi) is 18.0. The minimum Gasteiger partial charge on any atom is -0.426 e. The molecule has 116 valence electrons. The van der Waals surface area contributed by atoms with Gasteiger partial charge in [0, 0.05) is 6.61 Å². The van der Waals surface area contributed by atoms with Crippen LogP contribution in [-0.4, -0.2) is 83.2 Å². The zero-order valence-corrected chi connectivity index (χ0v) is 14.2. The minimum absolute atomic E-state index is 0.582. The molecule has 0 atom stereocenters. The van der Waals surface area contributed by atoms with Gasteiger partial charge in [-0.2, -0.15) is 0 Å². The summed E-state index contributed by atoms with van der Waals surface area (Å²) >= 11 is 0. The first-order valence-electron chi connectivity index (χ1n) is 6.79. The summed E-state index contributed by atoms with van der Waals surface area (Å²) in [4.78, 5) is 0. The van der Waals surface area contributed by atoms with Crippen LogP contribution in [-0.2, 0) is 28.1 Å². The molecule has 0 bridgehead atoms. The summed E-state index contributed by atoms with van der Waals surface area (Å²) in [7, 11) is 0.765. The van der Waals surface area contributed by atoms with Crippen molar-refractivity contribution in [3.05, 3.63) is 0 Å². The molecule has 0 saturated heterocycles. The molecule has 0 rings (SSSR count). The maximum absolute atomic E-state index is 5.34. The Balaban J connectivity index is 2.88. The fourth-order valence-electron chi connectivity index (χ4n) is 1.17. The molecule has 0 aliphatic rings. The molecule has 0 N–H and O–H groups in total. The van der Waals surface area contributed by atoms with Crippen molar-refractivity contribution in [1.82, 2.24) is 0 Å². The second-order valence-electron chi connectivity index (χ2n) is 3.64. The Morgan fingerprint density at radius 1 is 0.526 bits per heavy atom. The molecule has 0 fully saturated rings. The van der Waals surface area contributed by atoms with E-state index in [2.05, 4.69) is 0 Å². The molecular formula is C12H28O6Si. The average molecular weight is 296 g/mol. The average Bonchev–Trinajstić information content (AvgIpc) is 2.43. The van der Waals surface area contributed by atoms with Crippen molar-refractivity contribution >= 4 is 10.5 Å². The van der Waals surface area contributed by atoms with E-state index in [9.17, 15) is 0 Å². The van der Waals surface area contributed by atoms with E-state index in [1.165, 1.54) is 0 Å². The van der Waals surface area contributed by atoms with Crippen molar-refractivity contribution in [2.24, 2.45) is 0 Å². The lowest BCUT2D eigenvalue weighted by molar-refractivity contribution is -0.0118. The van der Waals surface area contributed by atoms with Gasteiger partial charge in [-0.3, -0.25) is 0 Å². The van der Waals surface area contributed by atoms with Gasteiger partial charge in [-0.05, 0) is 6.92 Å². The van der Waals surface area contributed by atoms with Gasteiger partial charge in [0.2, 0.25) is 0 Å². The summed E-state index contributed by atoms with van der Waals surface area (Å²) in [5.74, 6) is 0. The van der Waals surface area contributed by atoms with E-state index >= 15 is 0 Å². The van der Waals surface area contributed by atoms with Crippen molar-refractivity contribution < 1.29 is 28.1 Å².